The predicted octanol–water partition coefficient (Wildman–Crippen LogP) is 0.356. The second-order valence-corrected chi connectivity index (χ2v) is 2.67. The minimum Gasteiger partial charge on any atom is -0.481 e. The van der Waals surface area contributed by atoms with Gasteiger partial charge in [-0.3, -0.25) is 4.79 Å². The Hall–Kier alpha value is -1.91. The molecule has 2 heterocycles. The normalized spacial score (nSPS) is 10.5. The summed E-state index contributed by atoms with van der Waals surface area (Å²) in [6.45, 7) is 0. The highest BCUT2D eigenvalue weighted by Crippen LogP contribution is 2.08. The number of carboxylic acid groups (broad SMARTS) is 1. The van der Waals surface area contributed by atoms with E-state index in [-0.39, 0.29) is 6.42 Å². The molecular weight excluding hydrogens is 170 g/mol. The van der Waals surface area contributed by atoms with E-state index in [0.29, 0.717) is 0 Å². The summed E-state index contributed by atoms with van der Waals surface area (Å²) in [6.07, 6.45) is 3.28. The van der Waals surface area contributed by atoms with Crippen LogP contribution in [0, 0.1) is 0 Å². The Kier molecular flexibility index (Phi) is 1.70. The van der Waals surface area contributed by atoms with Gasteiger partial charge in [0.15, 0.2) is 0 Å². The lowest BCUT2D eigenvalue weighted by atomic mass is 10.2. The molecule has 0 radical (unpaired) electrons. The summed E-state index contributed by atoms with van der Waals surface area (Å²) in [5, 5.41) is 16.1. The lowest BCUT2D eigenvalue weighted by Gasteiger charge is -1.98. The molecule has 0 spiro atoms. The second kappa shape index (κ2) is 2.85. The molecule has 0 saturated carbocycles. The molecule has 0 atom stereocenters. The quantitative estimate of drug-likeness (QED) is 0.719. The lowest BCUT2D eigenvalue weighted by molar-refractivity contribution is -0.136. The molecule has 5 nitrogen and oxygen atoms in total. The molecule has 5 heteroatoms. The maximum Gasteiger partial charge on any atom is 0.307 e. The summed E-state index contributed by atoms with van der Waals surface area (Å²) in [6, 6.07) is 3.51. The summed E-state index contributed by atoms with van der Waals surface area (Å²) in [5.74, 6) is -0.852. The molecule has 66 valence electrons. The van der Waals surface area contributed by atoms with Gasteiger partial charge in [0.2, 0.25) is 0 Å². The number of aliphatic carboxylic acids is 1. The van der Waals surface area contributed by atoms with Gasteiger partial charge < -0.3 is 5.11 Å². The van der Waals surface area contributed by atoms with E-state index in [1.54, 1.807) is 29.0 Å². The molecule has 0 bridgehead atoms. The highest BCUT2D eigenvalue weighted by atomic mass is 16.4. The lowest BCUT2D eigenvalue weighted by Crippen LogP contribution is -2.01. The first kappa shape index (κ1) is 7.72. The van der Waals surface area contributed by atoms with E-state index < -0.39 is 5.97 Å². The van der Waals surface area contributed by atoms with Gasteiger partial charge in [0.1, 0.15) is 0 Å². The van der Waals surface area contributed by atoms with Crippen LogP contribution in [0.25, 0.3) is 5.52 Å². The Balaban J connectivity index is 2.54. The summed E-state index contributed by atoms with van der Waals surface area (Å²) in [7, 11) is 0. The van der Waals surface area contributed by atoms with Crippen LogP contribution in [0.4, 0.5) is 0 Å². The Morgan fingerprint density at radius 1 is 1.62 bits per heavy atom. The third kappa shape index (κ3) is 1.35. The molecule has 2 aromatic heterocycles. The first-order valence-corrected chi connectivity index (χ1v) is 3.77. The fourth-order valence-corrected chi connectivity index (χ4v) is 1.22. The first-order chi connectivity index (χ1) is 6.27. The molecule has 0 aliphatic heterocycles. The third-order valence-corrected chi connectivity index (χ3v) is 1.77. The fourth-order valence-electron chi connectivity index (χ4n) is 1.22. The van der Waals surface area contributed by atoms with Crippen molar-refractivity contribution in [3.05, 3.63) is 30.1 Å². The molecule has 0 aromatic carbocycles. The zero-order chi connectivity index (χ0) is 9.26. The van der Waals surface area contributed by atoms with E-state index in [1.807, 2.05) is 0 Å². The standard InChI is InChI=1S/C8H7N3O2/c12-8(13)4-6-2-1-3-11-7(6)5-9-10-11/h1-3,5H,4H2,(H,12,13). The van der Waals surface area contributed by atoms with Gasteiger partial charge in [-0.05, 0) is 11.6 Å². The number of fused-ring (bicyclic) bond motifs is 1. The van der Waals surface area contributed by atoms with Crippen LogP contribution in [0.2, 0.25) is 0 Å². The van der Waals surface area contributed by atoms with Crippen LogP contribution in [0.3, 0.4) is 0 Å². The largest absolute Gasteiger partial charge is 0.481 e. The van der Waals surface area contributed by atoms with Crippen LogP contribution in [0.1, 0.15) is 5.56 Å². The van der Waals surface area contributed by atoms with Crippen molar-refractivity contribution in [2.75, 3.05) is 0 Å². The molecular formula is C8H7N3O2. The summed E-state index contributed by atoms with van der Waals surface area (Å²) < 4.78 is 1.55. The third-order valence-electron chi connectivity index (χ3n) is 1.77. The van der Waals surface area contributed by atoms with Gasteiger partial charge in [-0.1, -0.05) is 11.3 Å². The smallest absolute Gasteiger partial charge is 0.307 e. The maximum atomic E-state index is 10.5. The van der Waals surface area contributed by atoms with Crippen molar-refractivity contribution in [3.8, 4) is 0 Å². The maximum absolute atomic E-state index is 10.5. The Labute approximate surface area is 73.6 Å². The van der Waals surface area contributed by atoms with E-state index in [1.165, 1.54) is 0 Å². The van der Waals surface area contributed by atoms with Crippen LogP contribution in [0.15, 0.2) is 24.5 Å². The van der Waals surface area contributed by atoms with E-state index in [4.69, 9.17) is 5.11 Å². The van der Waals surface area contributed by atoms with Gasteiger partial charge in [-0.15, -0.1) is 5.10 Å². The number of pyridine rings is 1. The van der Waals surface area contributed by atoms with E-state index >= 15 is 0 Å². The number of hydrogen-bond acceptors (Lipinski definition) is 3. The summed E-state index contributed by atoms with van der Waals surface area (Å²) in [4.78, 5) is 10.5. The SMILES string of the molecule is O=C(O)Cc1cccn2nncc12. The van der Waals surface area contributed by atoms with Crippen molar-refractivity contribution in [2.45, 2.75) is 6.42 Å². The highest BCUT2D eigenvalue weighted by molar-refractivity contribution is 5.73. The van der Waals surface area contributed by atoms with Crippen molar-refractivity contribution in [1.29, 1.82) is 0 Å². The molecule has 2 aromatic rings. The summed E-state index contributed by atoms with van der Waals surface area (Å²) in [5.41, 5.74) is 1.46. The van der Waals surface area contributed by atoms with Crippen molar-refractivity contribution in [3.63, 3.8) is 0 Å². The minimum absolute atomic E-state index is 0.00227. The second-order valence-electron chi connectivity index (χ2n) is 2.67. The van der Waals surface area contributed by atoms with Gasteiger partial charge in [0.25, 0.3) is 0 Å². The topological polar surface area (TPSA) is 67.5 Å². The average molecular weight is 177 g/mol. The molecule has 0 unspecified atom stereocenters. The van der Waals surface area contributed by atoms with Crippen molar-refractivity contribution in [2.24, 2.45) is 0 Å². The van der Waals surface area contributed by atoms with Crippen molar-refractivity contribution < 1.29 is 9.90 Å². The van der Waals surface area contributed by atoms with E-state index in [0.717, 1.165) is 11.1 Å². The minimum atomic E-state index is -0.852. The molecule has 0 saturated heterocycles. The van der Waals surface area contributed by atoms with Crippen LogP contribution in [0.5, 0.6) is 0 Å². The Morgan fingerprint density at radius 3 is 3.23 bits per heavy atom. The van der Waals surface area contributed by atoms with Crippen LogP contribution in [-0.2, 0) is 11.2 Å². The average Bonchev–Trinajstić information content (AvgIpc) is 2.51. The van der Waals surface area contributed by atoms with Crippen LogP contribution >= 0.6 is 0 Å². The number of hydrogen-bond donors (Lipinski definition) is 1. The van der Waals surface area contributed by atoms with E-state index in [2.05, 4.69) is 10.3 Å². The van der Waals surface area contributed by atoms with Gasteiger partial charge in [-0.25, -0.2) is 4.52 Å². The fraction of sp³-hybridized carbons (Fsp3) is 0.125. The van der Waals surface area contributed by atoms with Crippen molar-refractivity contribution >= 4 is 11.5 Å². The van der Waals surface area contributed by atoms with Crippen LogP contribution in [-0.4, -0.2) is 25.9 Å². The van der Waals surface area contributed by atoms with Crippen LogP contribution < -0.4 is 0 Å². The molecule has 0 amide bonds. The molecule has 2 rings (SSSR count). The van der Waals surface area contributed by atoms with Gasteiger partial charge in [0.05, 0.1) is 18.1 Å². The Morgan fingerprint density at radius 2 is 2.46 bits per heavy atom. The zero-order valence-corrected chi connectivity index (χ0v) is 6.71. The van der Waals surface area contributed by atoms with Gasteiger partial charge >= 0.3 is 5.97 Å². The number of carboxylic acids is 1. The van der Waals surface area contributed by atoms with Crippen molar-refractivity contribution in [1.82, 2.24) is 14.8 Å². The predicted molar refractivity (Wildman–Crippen MR) is 44.3 cm³/mol. The van der Waals surface area contributed by atoms with Gasteiger partial charge in [-0.2, -0.15) is 0 Å². The molecule has 0 fully saturated rings. The van der Waals surface area contributed by atoms with E-state index in [9.17, 15) is 4.79 Å². The molecule has 13 heavy (non-hydrogen) atoms. The summed E-state index contributed by atoms with van der Waals surface area (Å²) >= 11 is 0. The number of nitrogens with zero attached hydrogens (tertiary/aromatic N) is 3. The Bertz CT molecular complexity index is 449. The highest BCUT2D eigenvalue weighted by Gasteiger charge is 2.05. The monoisotopic (exact) mass is 177 g/mol. The molecule has 0 aliphatic carbocycles. The molecule has 1 N–H and O–H groups in total. The first-order valence-electron chi connectivity index (χ1n) is 3.77. The zero-order valence-electron chi connectivity index (χ0n) is 6.71. The van der Waals surface area contributed by atoms with Gasteiger partial charge in [0, 0.05) is 6.20 Å². The molecule has 0 aliphatic rings. The number of carbonyl (C=O) groups is 1. The number of rotatable bonds is 2. The number of aromatic nitrogens is 3.